The minimum absolute atomic E-state index is 0.00412. The van der Waals surface area contributed by atoms with Gasteiger partial charge in [0.15, 0.2) is 0 Å². The monoisotopic (exact) mass is 373 g/mol. The number of nitrogens with zero attached hydrogens (tertiary/aromatic N) is 2. The van der Waals surface area contributed by atoms with Gasteiger partial charge in [-0.05, 0) is 24.3 Å². The molecule has 0 fully saturated rings. The van der Waals surface area contributed by atoms with E-state index in [1.54, 1.807) is 31.4 Å². The van der Waals surface area contributed by atoms with Crippen LogP contribution in [0.1, 0.15) is 12.3 Å². The SMILES string of the molecule is COc1ccc(-c2noc(CCC(=O)NCCOCC(F)(F)F)n2)cc1. The van der Waals surface area contributed by atoms with Crippen LogP contribution in [0.25, 0.3) is 11.4 Å². The number of rotatable bonds is 9. The summed E-state index contributed by atoms with van der Waals surface area (Å²) in [6.07, 6.45) is -4.08. The summed E-state index contributed by atoms with van der Waals surface area (Å²) in [5, 5.41) is 6.30. The Hall–Kier alpha value is -2.62. The van der Waals surface area contributed by atoms with Gasteiger partial charge >= 0.3 is 6.18 Å². The fraction of sp³-hybridized carbons (Fsp3) is 0.438. The molecule has 0 radical (unpaired) electrons. The van der Waals surface area contributed by atoms with Crippen LogP contribution in [0.4, 0.5) is 13.2 Å². The largest absolute Gasteiger partial charge is 0.497 e. The highest BCUT2D eigenvalue weighted by molar-refractivity contribution is 5.76. The van der Waals surface area contributed by atoms with Crippen LogP contribution in [0.3, 0.4) is 0 Å². The minimum Gasteiger partial charge on any atom is -0.497 e. The summed E-state index contributed by atoms with van der Waals surface area (Å²) >= 11 is 0. The number of hydrogen-bond donors (Lipinski definition) is 1. The molecule has 1 aromatic carbocycles. The Morgan fingerprint density at radius 3 is 2.65 bits per heavy atom. The van der Waals surface area contributed by atoms with E-state index in [2.05, 4.69) is 20.2 Å². The summed E-state index contributed by atoms with van der Waals surface area (Å²) in [6.45, 7) is -1.55. The van der Waals surface area contributed by atoms with Crippen molar-refractivity contribution in [3.63, 3.8) is 0 Å². The lowest BCUT2D eigenvalue weighted by molar-refractivity contribution is -0.173. The van der Waals surface area contributed by atoms with Crippen molar-refractivity contribution in [2.24, 2.45) is 0 Å². The Labute approximate surface area is 147 Å². The molecule has 142 valence electrons. The van der Waals surface area contributed by atoms with Gasteiger partial charge in [-0.2, -0.15) is 18.2 Å². The van der Waals surface area contributed by atoms with Crippen LogP contribution in [-0.4, -0.2) is 49.1 Å². The maximum atomic E-state index is 11.9. The summed E-state index contributed by atoms with van der Waals surface area (Å²) in [7, 11) is 1.56. The molecule has 1 N–H and O–H groups in total. The first-order chi connectivity index (χ1) is 12.4. The number of alkyl halides is 3. The summed E-state index contributed by atoms with van der Waals surface area (Å²) < 4.78 is 50.2. The summed E-state index contributed by atoms with van der Waals surface area (Å²) in [5.41, 5.74) is 0.743. The second kappa shape index (κ2) is 9.18. The van der Waals surface area contributed by atoms with Gasteiger partial charge in [-0.3, -0.25) is 4.79 Å². The number of halogens is 3. The van der Waals surface area contributed by atoms with Crippen LogP contribution >= 0.6 is 0 Å². The molecule has 0 bridgehead atoms. The summed E-state index contributed by atoms with van der Waals surface area (Å²) in [6, 6.07) is 7.08. The molecule has 1 amide bonds. The van der Waals surface area contributed by atoms with Crippen molar-refractivity contribution >= 4 is 5.91 Å². The number of methoxy groups -OCH3 is 1. The number of ether oxygens (including phenoxy) is 2. The molecule has 2 rings (SSSR count). The Balaban J connectivity index is 1.71. The van der Waals surface area contributed by atoms with Crippen LogP contribution in [-0.2, 0) is 16.0 Å². The molecule has 0 unspecified atom stereocenters. The second-order valence-corrected chi connectivity index (χ2v) is 5.26. The molecule has 0 aliphatic rings. The molecule has 1 aromatic heterocycles. The highest BCUT2D eigenvalue weighted by Crippen LogP contribution is 2.20. The van der Waals surface area contributed by atoms with Gasteiger partial charge in [-0.25, -0.2) is 0 Å². The zero-order valence-electron chi connectivity index (χ0n) is 14.0. The van der Waals surface area contributed by atoms with Crippen molar-refractivity contribution in [2.75, 3.05) is 26.9 Å². The van der Waals surface area contributed by atoms with E-state index in [1.807, 2.05) is 0 Å². The van der Waals surface area contributed by atoms with E-state index in [0.29, 0.717) is 17.5 Å². The van der Waals surface area contributed by atoms with Crippen molar-refractivity contribution in [1.29, 1.82) is 0 Å². The third kappa shape index (κ3) is 6.71. The lowest BCUT2D eigenvalue weighted by atomic mass is 10.2. The molecule has 0 aliphatic heterocycles. The minimum atomic E-state index is -4.37. The fourth-order valence-electron chi connectivity index (χ4n) is 1.97. The average Bonchev–Trinajstić information content (AvgIpc) is 3.08. The van der Waals surface area contributed by atoms with Gasteiger partial charge in [0.2, 0.25) is 17.6 Å². The number of carbonyl (C=O) groups is 1. The molecule has 2 aromatic rings. The molecule has 0 saturated heterocycles. The zero-order chi connectivity index (χ0) is 19.0. The van der Waals surface area contributed by atoms with Crippen molar-refractivity contribution < 1.29 is 32.0 Å². The van der Waals surface area contributed by atoms with Crippen molar-refractivity contribution in [3.05, 3.63) is 30.2 Å². The van der Waals surface area contributed by atoms with E-state index in [1.165, 1.54) is 0 Å². The maximum absolute atomic E-state index is 11.9. The highest BCUT2D eigenvalue weighted by atomic mass is 19.4. The molecular formula is C16H18F3N3O4. The maximum Gasteiger partial charge on any atom is 0.411 e. The van der Waals surface area contributed by atoms with Crippen LogP contribution < -0.4 is 10.1 Å². The average molecular weight is 373 g/mol. The highest BCUT2D eigenvalue weighted by Gasteiger charge is 2.27. The molecule has 0 atom stereocenters. The lowest BCUT2D eigenvalue weighted by Gasteiger charge is -2.08. The van der Waals surface area contributed by atoms with Gasteiger partial charge in [0.05, 0.1) is 13.7 Å². The number of benzene rings is 1. The number of nitrogens with one attached hydrogen (secondary N) is 1. The van der Waals surface area contributed by atoms with Gasteiger partial charge in [-0.1, -0.05) is 5.16 Å². The van der Waals surface area contributed by atoms with Crippen LogP contribution in [0.15, 0.2) is 28.8 Å². The number of carbonyl (C=O) groups excluding carboxylic acids is 1. The Bertz CT molecular complexity index is 702. The Morgan fingerprint density at radius 2 is 2.00 bits per heavy atom. The number of aromatic nitrogens is 2. The standard InChI is InChI=1S/C16H18F3N3O4/c1-24-12-4-2-11(3-5-12)15-21-14(26-22-15)7-6-13(23)20-8-9-25-10-16(17,18)19/h2-5H,6-10H2,1H3,(H,20,23). The van der Waals surface area contributed by atoms with E-state index in [4.69, 9.17) is 9.26 Å². The number of amides is 1. The number of hydrogen-bond acceptors (Lipinski definition) is 6. The van der Waals surface area contributed by atoms with Crippen molar-refractivity contribution in [1.82, 2.24) is 15.5 Å². The molecule has 0 spiro atoms. The van der Waals surface area contributed by atoms with Crippen molar-refractivity contribution in [3.8, 4) is 17.1 Å². The van der Waals surface area contributed by atoms with E-state index in [0.717, 1.165) is 5.56 Å². The quantitative estimate of drug-likeness (QED) is 0.679. The smallest absolute Gasteiger partial charge is 0.411 e. The molecule has 1 heterocycles. The predicted octanol–water partition coefficient (Wildman–Crippen LogP) is 2.37. The predicted molar refractivity (Wildman–Crippen MR) is 84.5 cm³/mol. The third-order valence-corrected chi connectivity index (χ3v) is 3.22. The van der Waals surface area contributed by atoms with E-state index >= 15 is 0 Å². The molecule has 26 heavy (non-hydrogen) atoms. The normalized spacial score (nSPS) is 11.4. The van der Waals surface area contributed by atoms with E-state index < -0.39 is 12.8 Å². The van der Waals surface area contributed by atoms with E-state index in [9.17, 15) is 18.0 Å². The molecule has 0 aliphatic carbocycles. The van der Waals surface area contributed by atoms with Gasteiger partial charge in [0.25, 0.3) is 0 Å². The van der Waals surface area contributed by atoms with Gasteiger partial charge in [-0.15, -0.1) is 0 Å². The van der Waals surface area contributed by atoms with Gasteiger partial charge < -0.3 is 19.3 Å². The second-order valence-electron chi connectivity index (χ2n) is 5.26. The zero-order valence-corrected chi connectivity index (χ0v) is 14.0. The Kier molecular flexibility index (Phi) is 6.96. The molecule has 0 saturated carbocycles. The third-order valence-electron chi connectivity index (χ3n) is 3.22. The first kappa shape index (κ1) is 19.7. The van der Waals surface area contributed by atoms with Crippen LogP contribution in [0, 0.1) is 0 Å². The van der Waals surface area contributed by atoms with Crippen LogP contribution in [0.5, 0.6) is 5.75 Å². The lowest BCUT2D eigenvalue weighted by Crippen LogP contribution is -2.29. The topological polar surface area (TPSA) is 86.5 Å². The molecular weight excluding hydrogens is 355 g/mol. The van der Waals surface area contributed by atoms with Crippen LogP contribution in [0.2, 0.25) is 0 Å². The fourth-order valence-corrected chi connectivity index (χ4v) is 1.97. The molecule has 7 nitrogen and oxygen atoms in total. The van der Waals surface area contributed by atoms with Gasteiger partial charge in [0, 0.05) is 24.9 Å². The molecule has 10 heteroatoms. The number of aryl methyl sites for hydroxylation is 1. The summed E-state index contributed by atoms with van der Waals surface area (Å²) in [4.78, 5) is 15.8. The first-order valence-corrected chi connectivity index (χ1v) is 7.75. The Morgan fingerprint density at radius 1 is 1.27 bits per heavy atom. The van der Waals surface area contributed by atoms with Crippen molar-refractivity contribution in [2.45, 2.75) is 19.0 Å². The van der Waals surface area contributed by atoms with Gasteiger partial charge in [0.1, 0.15) is 12.4 Å². The first-order valence-electron chi connectivity index (χ1n) is 7.75. The van der Waals surface area contributed by atoms with E-state index in [-0.39, 0.29) is 31.9 Å². The summed E-state index contributed by atoms with van der Waals surface area (Å²) in [5.74, 6) is 1.04.